The molecule has 0 saturated heterocycles. The maximum atomic E-state index is 11.3. The minimum Gasteiger partial charge on any atom is -0.466 e. The van der Waals surface area contributed by atoms with E-state index in [9.17, 15) is 4.79 Å². The van der Waals surface area contributed by atoms with Crippen molar-refractivity contribution in [2.45, 2.75) is 18.2 Å². The van der Waals surface area contributed by atoms with Crippen LogP contribution in [0.2, 0.25) is 0 Å². The van der Waals surface area contributed by atoms with E-state index >= 15 is 0 Å². The van der Waals surface area contributed by atoms with Crippen molar-refractivity contribution >= 4 is 41.2 Å². The third-order valence-electron chi connectivity index (χ3n) is 1.91. The quantitative estimate of drug-likeness (QED) is 0.519. The fourth-order valence-corrected chi connectivity index (χ4v) is 2.11. The third kappa shape index (κ3) is 3.39. The van der Waals surface area contributed by atoms with Gasteiger partial charge in [-0.05, 0) is 47.2 Å². The summed E-state index contributed by atoms with van der Waals surface area (Å²) in [7, 11) is 0. The van der Waals surface area contributed by atoms with Crippen LogP contribution >= 0.6 is 35.2 Å². The molecular weight excluding hydrogens is 337 g/mol. The summed E-state index contributed by atoms with van der Waals surface area (Å²) >= 11 is 6.40. The van der Waals surface area contributed by atoms with Crippen molar-refractivity contribution in [3.63, 3.8) is 0 Å². The maximum Gasteiger partial charge on any atom is 0.310 e. The van der Waals surface area contributed by atoms with Crippen LogP contribution in [0.5, 0.6) is 0 Å². The summed E-state index contributed by atoms with van der Waals surface area (Å²) in [5, 5.41) is 8.82. The van der Waals surface area contributed by atoms with E-state index in [4.69, 9.17) is 10.00 Å². The molecule has 0 radical (unpaired) electrons. The SMILES string of the molecule is CCOC(=O)Cc1cc(C#N)cc(I)c1S. The van der Waals surface area contributed by atoms with Crippen LogP contribution in [0.3, 0.4) is 0 Å². The van der Waals surface area contributed by atoms with Crippen molar-refractivity contribution < 1.29 is 9.53 Å². The summed E-state index contributed by atoms with van der Waals surface area (Å²) in [6, 6.07) is 5.45. The van der Waals surface area contributed by atoms with Gasteiger partial charge in [-0.2, -0.15) is 5.26 Å². The average Bonchev–Trinajstić information content (AvgIpc) is 2.24. The van der Waals surface area contributed by atoms with Gasteiger partial charge in [0.2, 0.25) is 0 Å². The Labute approximate surface area is 113 Å². The Hall–Kier alpha value is -0.740. The lowest BCUT2D eigenvalue weighted by atomic mass is 10.1. The molecule has 0 aromatic heterocycles. The molecule has 0 atom stereocenters. The van der Waals surface area contributed by atoms with Crippen molar-refractivity contribution in [3.05, 3.63) is 26.8 Å². The van der Waals surface area contributed by atoms with E-state index < -0.39 is 0 Å². The topological polar surface area (TPSA) is 50.1 Å². The number of carbonyl (C=O) groups is 1. The first-order valence-corrected chi connectivity index (χ1v) is 6.18. The average molecular weight is 347 g/mol. The van der Waals surface area contributed by atoms with Crippen molar-refractivity contribution in [1.82, 2.24) is 0 Å². The lowest BCUT2D eigenvalue weighted by molar-refractivity contribution is -0.142. The number of benzene rings is 1. The first-order valence-electron chi connectivity index (χ1n) is 4.65. The molecule has 0 bridgehead atoms. The van der Waals surface area contributed by atoms with E-state index in [1.165, 1.54) is 0 Å². The molecule has 5 heteroatoms. The first kappa shape index (κ1) is 13.3. The van der Waals surface area contributed by atoms with E-state index in [0.717, 1.165) is 14.0 Å². The van der Waals surface area contributed by atoms with Gasteiger partial charge in [0.15, 0.2) is 0 Å². The number of hydrogen-bond acceptors (Lipinski definition) is 4. The Morgan fingerprint density at radius 3 is 2.88 bits per heavy atom. The van der Waals surface area contributed by atoms with Crippen LogP contribution in [-0.2, 0) is 16.0 Å². The first-order chi connectivity index (χ1) is 7.58. The van der Waals surface area contributed by atoms with Gasteiger partial charge in [-0.3, -0.25) is 4.79 Å². The number of esters is 1. The Balaban J connectivity index is 3.00. The van der Waals surface area contributed by atoms with Crippen molar-refractivity contribution in [3.8, 4) is 6.07 Å². The molecule has 0 aliphatic carbocycles. The number of hydrogen-bond donors (Lipinski definition) is 1. The minimum atomic E-state index is -0.302. The molecule has 84 valence electrons. The largest absolute Gasteiger partial charge is 0.466 e. The second-order valence-electron chi connectivity index (χ2n) is 3.06. The van der Waals surface area contributed by atoms with Gasteiger partial charge in [0.05, 0.1) is 24.7 Å². The van der Waals surface area contributed by atoms with Gasteiger partial charge in [-0.25, -0.2) is 0 Å². The lowest BCUT2D eigenvalue weighted by Gasteiger charge is -2.07. The molecule has 0 heterocycles. The summed E-state index contributed by atoms with van der Waals surface area (Å²) < 4.78 is 5.72. The van der Waals surface area contributed by atoms with E-state index in [1.54, 1.807) is 19.1 Å². The van der Waals surface area contributed by atoms with Crippen LogP contribution in [0.15, 0.2) is 17.0 Å². The summed E-state index contributed by atoms with van der Waals surface area (Å²) in [4.78, 5) is 12.1. The molecule has 0 N–H and O–H groups in total. The second kappa shape index (κ2) is 6.11. The summed E-state index contributed by atoms with van der Waals surface area (Å²) in [6.45, 7) is 2.12. The van der Waals surface area contributed by atoms with Gasteiger partial charge in [0, 0.05) is 8.47 Å². The number of halogens is 1. The summed E-state index contributed by atoms with van der Waals surface area (Å²) in [5.74, 6) is -0.302. The minimum absolute atomic E-state index is 0.151. The van der Waals surface area contributed by atoms with Gasteiger partial charge in [0.25, 0.3) is 0 Å². The molecule has 1 aromatic carbocycles. The fourth-order valence-electron chi connectivity index (χ4n) is 1.22. The molecule has 0 aliphatic heterocycles. The number of carbonyl (C=O) groups excluding carboxylic acids is 1. The molecule has 16 heavy (non-hydrogen) atoms. The van der Waals surface area contributed by atoms with Crippen LogP contribution in [0.1, 0.15) is 18.1 Å². The van der Waals surface area contributed by atoms with Crippen LogP contribution in [0.25, 0.3) is 0 Å². The molecule has 0 saturated carbocycles. The van der Waals surface area contributed by atoms with Gasteiger partial charge in [-0.15, -0.1) is 12.6 Å². The van der Waals surface area contributed by atoms with Crippen LogP contribution in [0, 0.1) is 14.9 Å². The van der Waals surface area contributed by atoms with Crippen LogP contribution < -0.4 is 0 Å². The highest BCUT2D eigenvalue weighted by atomic mass is 127. The molecule has 3 nitrogen and oxygen atoms in total. The number of rotatable bonds is 3. The molecular formula is C11H10INO2S. The summed E-state index contributed by atoms with van der Waals surface area (Å²) in [6.07, 6.45) is 0.151. The van der Waals surface area contributed by atoms with Gasteiger partial charge >= 0.3 is 5.97 Å². The molecule has 0 fully saturated rings. The Bertz CT molecular complexity index is 454. The predicted molar refractivity (Wildman–Crippen MR) is 71.5 cm³/mol. The van der Waals surface area contributed by atoms with Gasteiger partial charge < -0.3 is 4.74 Å². The monoisotopic (exact) mass is 347 g/mol. The van der Waals surface area contributed by atoms with E-state index in [0.29, 0.717) is 12.2 Å². The number of thiol groups is 1. The molecule has 1 rings (SSSR count). The zero-order valence-electron chi connectivity index (χ0n) is 8.66. The Morgan fingerprint density at radius 2 is 2.31 bits per heavy atom. The highest BCUT2D eigenvalue weighted by Gasteiger charge is 2.11. The molecule has 0 aliphatic rings. The Morgan fingerprint density at radius 1 is 1.62 bits per heavy atom. The smallest absolute Gasteiger partial charge is 0.310 e. The zero-order valence-corrected chi connectivity index (χ0v) is 11.7. The third-order valence-corrected chi connectivity index (χ3v) is 3.72. The Kier molecular flexibility index (Phi) is 5.09. The predicted octanol–water partition coefficient (Wildman–Crippen LogP) is 2.56. The molecule has 0 amide bonds. The van der Waals surface area contributed by atoms with Gasteiger partial charge in [0.1, 0.15) is 0 Å². The normalized spacial score (nSPS) is 9.62. The molecule has 1 aromatic rings. The highest BCUT2D eigenvalue weighted by molar-refractivity contribution is 14.1. The van der Waals surface area contributed by atoms with Crippen LogP contribution in [0.4, 0.5) is 0 Å². The standard InChI is InChI=1S/C11H10INO2S/c1-2-15-10(14)5-8-3-7(6-13)4-9(12)11(8)16/h3-4,16H,2,5H2,1H3. The van der Waals surface area contributed by atoms with E-state index in [2.05, 4.69) is 35.2 Å². The van der Waals surface area contributed by atoms with Crippen molar-refractivity contribution in [2.24, 2.45) is 0 Å². The maximum absolute atomic E-state index is 11.3. The van der Waals surface area contributed by atoms with Crippen LogP contribution in [-0.4, -0.2) is 12.6 Å². The number of nitrogens with zero attached hydrogens (tertiary/aromatic N) is 1. The second-order valence-corrected chi connectivity index (χ2v) is 4.67. The van der Waals surface area contributed by atoms with Crippen molar-refractivity contribution in [1.29, 1.82) is 5.26 Å². The zero-order chi connectivity index (χ0) is 12.1. The summed E-state index contributed by atoms with van der Waals surface area (Å²) in [5.41, 5.74) is 1.26. The van der Waals surface area contributed by atoms with Gasteiger partial charge in [-0.1, -0.05) is 0 Å². The molecule has 0 unspecified atom stereocenters. The number of ether oxygens (including phenoxy) is 1. The fraction of sp³-hybridized carbons (Fsp3) is 0.273. The van der Waals surface area contributed by atoms with E-state index in [1.807, 2.05) is 6.07 Å². The molecule has 0 spiro atoms. The lowest BCUT2D eigenvalue weighted by Crippen LogP contribution is -2.08. The highest BCUT2D eigenvalue weighted by Crippen LogP contribution is 2.23. The number of nitriles is 1. The van der Waals surface area contributed by atoms with E-state index in [-0.39, 0.29) is 12.4 Å². The van der Waals surface area contributed by atoms with Crippen molar-refractivity contribution in [2.75, 3.05) is 6.61 Å².